The molecular formula is C14H29N3O. The smallest absolute Gasteiger partial charge is 0.237 e. The number of nitrogens with two attached hydrogens (primary N) is 1. The van der Waals surface area contributed by atoms with Crippen LogP contribution in [0.1, 0.15) is 40.0 Å². The van der Waals surface area contributed by atoms with Crippen LogP contribution in [0, 0.1) is 11.8 Å². The van der Waals surface area contributed by atoms with Crippen molar-refractivity contribution in [2.24, 2.45) is 17.6 Å². The van der Waals surface area contributed by atoms with Crippen molar-refractivity contribution in [3.63, 3.8) is 0 Å². The first-order chi connectivity index (χ1) is 8.54. The molecule has 0 saturated carbocycles. The van der Waals surface area contributed by atoms with Crippen LogP contribution in [0.5, 0.6) is 0 Å². The zero-order valence-corrected chi connectivity index (χ0v) is 12.1. The molecule has 18 heavy (non-hydrogen) atoms. The number of piperidine rings is 1. The molecule has 1 aliphatic rings. The normalized spacial score (nSPS) is 21.6. The molecule has 0 radical (unpaired) electrons. The van der Waals surface area contributed by atoms with Gasteiger partial charge < -0.3 is 16.0 Å². The molecule has 0 aliphatic carbocycles. The van der Waals surface area contributed by atoms with Crippen molar-refractivity contribution in [2.75, 3.05) is 26.2 Å². The van der Waals surface area contributed by atoms with Gasteiger partial charge in [-0.3, -0.25) is 4.79 Å². The number of rotatable bonds is 6. The molecule has 1 fully saturated rings. The molecule has 106 valence electrons. The van der Waals surface area contributed by atoms with E-state index in [2.05, 4.69) is 24.1 Å². The van der Waals surface area contributed by atoms with Gasteiger partial charge in [-0.1, -0.05) is 27.2 Å². The van der Waals surface area contributed by atoms with E-state index in [1.54, 1.807) is 0 Å². The number of hydrogen-bond acceptors (Lipinski definition) is 3. The Kier molecular flexibility index (Phi) is 6.65. The Morgan fingerprint density at radius 2 is 2.06 bits per heavy atom. The van der Waals surface area contributed by atoms with Crippen LogP contribution >= 0.6 is 0 Å². The van der Waals surface area contributed by atoms with E-state index in [0.717, 1.165) is 38.5 Å². The molecule has 1 saturated heterocycles. The Bertz CT molecular complexity index is 249. The SMILES string of the molecule is CCC(C)C(N)C(=O)NCCN1CCC(C)CC1. The average molecular weight is 255 g/mol. The van der Waals surface area contributed by atoms with Gasteiger partial charge in [0.05, 0.1) is 6.04 Å². The molecule has 0 aromatic rings. The standard InChI is InChI=1S/C14H29N3O/c1-4-12(3)13(15)14(18)16-7-10-17-8-5-11(2)6-9-17/h11-13H,4-10,15H2,1-3H3,(H,16,18). The van der Waals surface area contributed by atoms with Crippen LogP contribution in [-0.4, -0.2) is 43.0 Å². The molecule has 0 aromatic heterocycles. The van der Waals surface area contributed by atoms with Crippen molar-refractivity contribution >= 4 is 5.91 Å². The van der Waals surface area contributed by atoms with Crippen molar-refractivity contribution in [2.45, 2.75) is 46.1 Å². The molecular weight excluding hydrogens is 226 g/mol. The maximum Gasteiger partial charge on any atom is 0.237 e. The van der Waals surface area contributed by atoms with Gasteiger partial charge in [0.2, 0.25) is 5.91 Å². The third-order valence-corrected chi connectivity index (χ3v) is 4.16. The molecule has 1 amide bonds. The van der Waals surface area contributed by atoms with E-state index in [4.69, 9.17) is 5.73 Å². The predicted octanol–water partition coefficient (Wildman–Crippen LogP) is 1.21. The van der Waals surface area contributed by atoms with Gasteiger partial charge in [-0.25, -0.2) is 0 Å². The highest BCUT2D eigenvalue weighted by Crippen LogP contribution is 2.15. The monoisotopic (exact) mass is 255 g/mol. The summed E-state index contributed by atoms with van der Waals surface area (Å²) in [5.41, 5.74) is 5.88. The molecule has 1 rings (SSSR count). The third kappa shape index (κ3) is 4.94. The Balaban J connectivity index is 2.15. The Morgan fingerprint density at radius 3 is 2.61 bits per heavy atom. The highest BCUT2D eigenvalue weighted by atomic mass is 16.2. The topological polar surface area (TPSA) is 58.4 Å². The molecule has 0 aromatic carbocycles. The van der Waals surface area contributed by atoms with E-state index < -0.39 is 0 Å². The Labute approximate surface area is 111 Å². The highest BCUT2D eigenvalue weighted by Gasteiger charge is 2.19. The van der Waals surface area contributed by atoms with Crippen molar-refractivity contribution in [3.05, 3.63) is 0 Å². The second-order valence-electron chi connectivity index (χ2n) is 5.73. The molecule has 1 aliphatic heterocycles. The summed E-state index contributed by atoms with van der Waals surface area (Å²) in [6, 6.07) is -0.364. The summed E-state index contributed by atoms with van der Waals surface area (Å²) in [5.74, 6) is 1.10. The lowest BCUT2D eigenvalue weighted by Gasteiger charge is -2.30. The van der Waals surface area contributed by atoms with Crippen LogP contribution in [0.2, 0.25) is 0 Å². The van der Waals surface area contributed by atoms with Crippen molar-refractivity contribution in [3.8, 4) is 0 Å². The highest BCUT2D eigenvalue weighted by molar-refractivity contribution is 5.81. The van der Waals surface area contributed by atoms with E-state index >= 15 is 0 Å². The molecule has 2 atom stereocenters. The molecule has 2 unspecified atom stereocenters. The van der Waals surface area contributed by atoms with E-state index in [1.807, 2.05) is 6.92 Å². The number of nitrogens with one attached hydrogen (secondary N) is 1. The van der Waals surface area contributed by atoms with Crippen LogP contribution < -0.4 is 11.1 Å². The van der Waals surface area contributed by atoms with Crippen molar-refractivity contribution < 1.29 is 4.79 Å². The zero-order chi connectivity index (χ0) is 13.5. The second-order valence-corrected chi connectivity index (χ2v) is 5.73. The van der Waals surface area contributed by atoms with Gasteiger partial charge in [0.1, 0.15) is 0 Å². The number of amides is 1. The van der Waals surface area contributed by atoms with Gasteiger partial charge in [0, 0.05) is 13.1 Å². The molecule has 3 N–H and O–H groups in total. The number of likely N-dealkylation sites (tertiary alicyclic amines) is 1. The third-order valence-electron chi connectivity index (χ3n) is 4.16. The molecule has 4 heteroatoms. The summed E-state index contributed by atoms with van der Waals surface area (Å²) >= 11 is 0. The first kappa shape index (κ1) is 15.4. The fourth-order valence-corrected chi connectivity index (χ4v) is 2.25. The Hall–Kier alpha value is -0.610. The van der Waals surface area contributed by atoms with Crippen molar-refractivity contribution in [1.29, 1.82) is 0 Å². The van der Waals surface area contributed by atoms with Crippen molar-refractivity contribution in [1.82, 2.24) is 10.2 Å². The summed E-state index contributed by atoms with van der Waals surface area (Å²) in [4.78, 5) is 14.2. The van der Waals surface area contributed by atoms with E-state index in [-0.39, 0.29) is 17.9 Å². The minimum atomic E-state index is -0.364. The van der Waals surface area contributed by atoms with Crippen LogP contribution in [0.15, 0.2) is 0 Å². The van der Waals surface area contributed by atoms with Gasteiger partial charge in [-0.05, 0) is 37.8 Å². The number of carbonyl (C=O) groups excluding carboxylic acids is 1. The Morgan fingerprint density at radius 1 is 1.44 bits per heavy atom. The minimum absolute atomic E-state index is 0.00488. The summed E-state index contributed by atoms with van der Waals surface area (Å²) < 4.78 is 0. The zero-order valence-electron chi connectivity index (χ0n) is 12.1. The minimum Gasteiger partial charge on any atom is -0.353 e. The predicted molar refractivity (Wildman–Crippen MR) is 75.3 cm³/mol. The van der Waals surface area contributed by atoms with E-state index in [1.165, 1.54) is 12.8 Å². The number of nitrogens with zero attached hydrogens (tertiary/aromatic N) is 1. The van der Waals surface area contributed by atoms with Crippen LogP contribution in [0.3, 0.4) is 0 Å². The van der Waals surface area contributed by atoms with Gasteiger partial charge >= 0.3 is 0 Å². The maximum absolute atomic E-state index is 11.8. The van der Waals surface area contributed by atoms with Gasteiger partial charge in [0.25, 0.3) is 0 Å². The summed E-state index contributed by atoms with van der Waals surface area (Å²) in [7, 11) is 0. The lowest BCUT2D eigenvalue weighted by molar-refractivity contribution is -0.123. The first-order valence-electron chi connectivity index (χ1n) is 7.30. The molecule has 4 nitrogen and oxygen atoms in total. The molecule has 1 heterocycles. The van der Waals surface area contributed by atoms with Gasteiger partial charge in [-0.2, -0.15) is 0 Å². The second kappa shape index (κ2) is 7.74. The van der Waals surface area contributed by atoms with E-state index in [0.29, 0.717) is 0 Å². The van der Waals surface area contributed by atoms with Crippen LogP contribution in [-0.2, 0) is 4.79 Å². The van der Waals surface area contributed by atoms with Crippen LogP contribution in [0.4, 0.5) is 0 Å². The summed E-state index contributed by atoms with van der Waals surface area (Å²) in [6.07, 6.45) is 3.50. The average Bonchev–Trinajstić information content (AvgIpc) is 2.39. The fraction of sp³-hybridized carbons (Fsp3) is 0.929. The summed E-state index contributed by atoms with van der Waals surface area (Å²) in [6.45, 7) is 10.4. The van der Waals surface area contributed by atoms with Gasteiger partial charge in [0.15, 0.2) is 0 Å². The fourth-order valence-electron chi connectivity index (χ4n) is 2.25. The first-order valence-corrected chi connectivity index (χ1v) is 7.30. The quantitative estimate of drug-likeness (QED) is 0.750. The lowest BCUT2D eigenvalue weighted by Crippen LogP contribution is -2.47. The molecule has 0 spiro atoms. The van der Waals surface area contributed by atoms with E-state index in [9.17, 15) is 4.79 Å². The van der Waals surface area contributed by atoms with Crippen LogP contribution in [0.25, 0.3) is 0 Å². The maximum atomic E-state index is 11.8. The molecule has 0 bridgehead atoms. The lowest BCUT2D eigenvalue weighted by atomic mass is 9.99. The number of carbonyl (C=O) groups is 1. The summed E-state index contributed by atoms with van der Waals surface area (Å²) in [5, 5.41) is 2.95. The largest absolute Gasteiger partial charge is 0.353 e. The van der Waals surface area contributed by atoms with Gasteiger partial charge in [-0.15, -0.1) is 0 Å². The number of hydrogen-bond donors (Lipinski definition) is 2.